The fourth-order valence-corrected chi connectivity index (χ4v) is 4.50. The second-order valence-corrected chi connectivity index (χ2v) is 8.00. The van der Waals surface area contributed by atoms with E-state index in [1.54, 1.807) is 24.3 Å². The zero-order valence-corrected chi connectivity index (χ0v) is 16.8. The summed E-state index contributed by atoms with van der Waals surface area (Å²) in [5.74, 6) is -2.72. The number of ether oxygens (including phenoxy) is 1. The third-order valence-electron chi connectivity index (χ3n) is 4.51. The average molecular weight is 440 g/mol. The minimum atomic E-state index is -1.30. The molecular formula is C18H18ClN3O6S. The summed E-state index contributed by atoms with van der Waals surface area (Å²) in [7, 11) is 0. The van der Waals surface area contributed by atoms with E-state index < -0.39 is 41.2 Å². The number of carbonyl (C=O) groups excluding carboxylic acids is 3. The summed E-state index contributed by atoms with van der Waals surface area (Å²) in [5, 5.41) is 12.0. The number of fused-ring (bicyclic) bond motifs is 1. The second kappa shape index (κ2) is 8.44. The van der Waals surface area contributed by atoms with E-state index >= 15 is 0 Å². The lowest BCUT2D eigenvalue weighted by atomic mass is 10.0. The SMILES string of the molecule is CC(=O)OCC1=C(C(=O)O)N2C(=O)C(NC(=O)C(N)c3ccc(Cl)cc3)[C@@H]2SC1. The molecule has 2 unspecified atom stereocenters. The third kappa shape index (κ3) is 4.24. The van der Waals surface area contributed by atoms with Gasteiger partial charge in [0.05, 0.1) is 0 Å². The molecule has 2 aliphatic heterocycles. The highest BCUT2D eigenvalue weighted by Gasteiger charge is 2.54. The first-order chi connectivity index (χ1) is 13.7. The summed E-state index contributed by atoms with van der Waals surface area (Å²) in [4.78, 5) is 48.8. The van der Waals surface area contributed by atoms with E-state index in [9.17, 15) is 24.3 Å². The molecule has 0 radical (unpaired) electrons. The first-order valence-electron chi connectivity index (χ1n) is 8.55. The summed E-state index contributed by atoms with van der Waals surface area (Å²) < 4.78 is 4.88. The Bertz CT molecular complexity index is 903. The van der Waals surface area contributed by atoms with Crippen LogP contribution in [-0.4, -0.2) is 57.5 Å². The van der Waals surface area contributed by atoms with E-state index in [1.165, 1.54) is 18.7 Å². The smallest absolute Gasteiger partial charge is 0.352 e. The molecule has 0 aromatic heterocycles. The number of nitrogens with one attached hydrogen (secondary N) is 1. The zero-order valence-electron chi connectivity index (χ0n) is 15.3. The van der Waals surface area contributed by atoms with Gasteiger partial charge in [-0.3, -0.25) is 19.3 Å². The van der Waals surface area contributed by atoms with E-state index in [0.29, 0.717) is 16.2 Å². The summed E-state index contributed by atoms with van der Waals surface area (Å²) in [6.45, 7) is 1.00. The van der Waals surface area contributed by atoms with Crippen molar-refractivity contribution in [1.29, 1.82) is 0 Å². The van der Waals surface area contributed by atoms with Crippen molar-refractivity contribution in [3.63, 3.8) is 0 Å². The Hall–Kier alpha value is -2.56. The number of amides is 2. The number of halogens is 1. The van der Waals surface area contributed by atoms with E-state index in [0.717, 1.165) is 4.90 Å². The summed E-state index contributed by atoms with van der Waals surface area (Å²) in [5.41, 5.74) is 6.59. The van der Waals surface area contributed by atoms with E-state index in [2.05, 4.69) is 5.32 Å². The van der Waals surface area contributed by atoms with Gasteiger partial charge in [-0.15, -0.1) is 11.8 Å². The number of carboxylic acids is 1. The molecule has 4 N–H and O–H groups in total. The quantitative estimate of drug-likeness (QED) is 0.433. The van der Waals surface area contributed by atoms with Crippen molar-refractivity contribution >= 4 is 47.1 Å². The number of rotatable bonds is 6. The lowest BCUT2D eigenvalue weighted by molar-refractivity contribution is -0.151. The maximum atomic E-state index is 12.6. The molecule has 154 valence electrons. The van der Waals surface area contributed by atoms with Crippen molar-refractivity contribution in [1.82, 2.24) is 10.2 Å². The molecule has 2 aliphatic rings. The highest BCUT2D eigenvalue weighted by atomic mass is 35.5. The van der Waals surface area contributed by atoms with Gasteiger partial charge in [0.2, 0.25) is 5.91 Å². The molecule has 11 heteroatoms. The number of β-lactam (4-membered cyclic amide) rings is 1. The Morgan fingerprint density at radius 3 is 2.62 bits per heavy atom. The van der Waals surface area contributed by atoms with Gasteiger partial charge in [-0.2, -0.15) is 0 Å². The molecule has 29 heavy (non-hydrogen) atoms. The molecule has 3 atom stereocenters. The minimum Gasteiger partial charge on any atom is -0.477 e. The number of carbonyl (C=O) groups is 4. The molecule has 1 saturated heterocycles. The van der Waals surface area contributed by atoms with Crippen LogP contribution in [0.2, 0.25) is 5.02 Å². The molecule has 1 aromatic carbocycles. The number of thioether (sulfide) groups is 1. The lowest BCUT2D eigenvalue weighted by Gasteiger charge is -2.49. The summed E-state index contributed by atoms with van der Waals surface area (Å²) in [6, 6.07) is 4.54. The molecule has 1 fully saturated rings. The number of aliphatic carboxylic acids is 1. The number of nitrogens with two attached hydrogens (primary N) is 1. The van der Waals surface area contributed by atoms with Crippen LogP contribution >= 0.6 is 23.4 Å². The number of carboxylic acid groups (broad SMARTS) is 1. The van der Waals surface area contributed by atoms with Crippen LogP contribution in [0.25, 0.3) is 0 Å². The van der Waals surface area contributed by atoms with Gasteiger partial charge in [0, 0.05) is 23.3 Å². The van der Waals surface area contributed by atoms with E-state index in [1.807, 2.05) is 0 Å². The number of hydrogen-bond acceptors (Lipinski definition) is 7. The summed E-state index contributed by atoms with van der Waals surface area (Å²) in [6.07, 6.45) is 0. The number of benzene rings is 1. The van der Waals surface area contributed by atoms with E-state index in [-0.39, 0.29) is 18.1 Å². The Morgan fingerprint density at radius 2 is 2.03 bits per heavy atom. The predicted octanol–water partition coefficient (Wildman–Crippen LogP) is 0.642. The topological polar surface area (TPSA) is 139 Å². The standard InChI is InChI=1S/C18H18ClN3O6S/c1-8(23)28-6-10-7-29-17-13(16(25)22(17)14(10)18(26)27)21-15(24)12(20)9-2-4-11(19)5-3-9/h2-5,12-13,17H,6-7,20H2,1H3,(H,21,24)(H,26,27)/t12?,13?,17-/m0/s1. The molecule has 2 amide bonds. The molecule has 0 saturated carbocycles. The fourth-order valence-electron chi connectivity index (χ4n) is 3.05. The molecule has 3 rings (SSSR count). The molecular weight excluding hydrogens is 422 g/mol. The van der Waals surface area contributed by atoms with Gasteiger partial charge in [0.25, 0.3) is 5.91 Å². The highest BCUT2D eigenvalue weighted by Crippen LogP contribution is 2.40. The van der Waals surface area contributed by atoms with Crippen LogP contribution in [0.4, 0.5) is 0 Å². The molecule has 9 nitrogen and oxygen atoms in total. The minimum absolute atomic E-state index is 0.209. The van der Waals surface area contributed by atoms with Gasteiger partial charge in [0.15, 0.2) is 0 Å². The second-order valence-electron chi connectivity index (χ2n) is 6.46. The van der Waals surface area contributed by atoms with Crippen LogP contribution < -0.4 is 11.1 Å². The van der Waals surface area contributed by atoms with Crippen molar-refractivity contribution in [2.24, 2.45) is 5.73 Å². The largest absolute Gasteiger partial charge is 0.477 e. The van der Waals surface area contributed by atoms with Crippen LogP contribution in [0, 0.1) is 0 Å². The number of nitrogens with zero attached hydrogens (tertiary/aromatic N) is 1. The maximum absolute atomic E-state index is 12.6. The van der Waals surface area contributed by atoms with Crippen LogP contribution in [0.5, 0.6) is 0 Å². The number of hydrogen-bond donors (Lipinski definition) is 3. The van der Waals surface area contributed by atoms with Gasteiger partial charge in [0.1, 0.15) is 29.8 Å². The van der Waals surface area contributed by atoms with Gasteiger partial charge in [-0.25, -0.2) is 4.79 Å². The first kappa shape index (κ1) is 21.2. The lowest BCUT2D eigenvalue weighted by Crippen LogP contribution is -2.71. The van der Waals surface area contributed by atoms with Crippen LogP contribution in [-0.2, 0) is 23.9 Å². The van der Waals surface area contributed by atoms with Crippen molar-refractivity contribution in [3.8, 4) is 0 Å². The van der Waals surface area contributed by atoms with Crippen molar-refractivity contribution in [3.05, 3.63) is 46.1 Å². The Kier molecular flexibility index (Phi) is 6.15. The fraction of sp³-hybridized carbons (Fsp3) is 0.333. The Labute approximate surface area is 175 Å². The van der Waals surface area contributed by atoms with Crippen molar-refractivity contribution in [2.75, 3.05) is 12.4 Å². The van der Waals surface area contributed by atoms with Gasteiger partial charge in [-0.05, 0) is 17.7 Å². The van der Waals surface area contributed by atoms with Gasteiger partial charge in [-0.1, -0.05) is 23.7 Å². The molecule has 0 bridgehead atoms. The van der Waals surface area contributed by atoms with Crippen molar-refractivity contribution in [2.45, 2.75) is 24.4 Å². The Morgan fingerprint density at radius 1 is 1.38 bits per heavy atom. The van der Waals surface area contributed by atoms with Gasteiger partial charge >= 0.3 is 11.9 Å². The van der Waals surface area contributed by atoms with Crippen LogP contribution in [0.1, 0.15) is 18.5 Å². The van der Waals surface area contributed by atoms with Gasteiger partial charge < -0.3 is 20.9 Å². The average Bonchev–Trinajstić information content (AvgIpc) is 2.69. The highest BCUT2D eigenvalue weighted by molar-refractivity contribution is 8.00. The van der Waals surface area contributed by atoms with Crippen LogP contribution in [0.3, 0.4) is 0 Å². The predicted molar refractivity (Wildman–Crippen MR) is 105 cm³/mol. The first-order valence-corrected chi connectivity index (χ1v) is 9.98. The monoisotopic (exact) mass is 439 g/mol. The molecule has 1 aromatic rings. The van der Waals surface area contributed by atoms with E-state index in [4.69, 9.17) is 22.1 Å². The molecule has 0 aliphatic carbocycles. The molecule has 2 heterocycles. The number of esters is 1. The van der Waals surface area contributed by atoms with Crippen molar-refractivity contribution < 1.29 is 29.0 Å². The Balaban J connectivity index is 1.71. The summed E-state index contributed by atoms with van der Waals surface area (Å²) >= 11 is 7.10. The normalized spacial score (nSPS) is 21.8. The third-order valence-corrected chi connectivity index (χ3v) is 6.10. The van der Waals surface area contributed by atoms with Crippen LogP contribution in [0.15, 0.2) is 35.5 Å². The molecule has 0 spiro atoms. The maximum Gasteiger partial charge on any atom is 0.352 e. The zero-order chi connectivity index (χ0) is 21.3.